The molecule has 2 aromatic rings. The van der Waals surface area contributed by atoms with Crippen LogP contribution in [0.15, 0.2) is 36.4 Å². The van der Waals surface area contributed by atoms with Crippen LogP contribution < -0.4 is 9.47 Å². The Bertz CT molecular complexity index is 769. The maximum Gasteiger partial charge on any atom is 0.453 e. The van der Waals surface area contributed by atoms with E-state index in [1.165, 1.54) is 36.4 Å². The molecule has 0 saturated heterocycles. The van der Waals surface area contributed by atoms with E-state index < -0.39 is 17.7 Å². The summed E-state index contributed by atoms with van der Waals surface area (Å²) in [5.74, 6) is -7.54. The molecule has 0 atom stereocenters. The summed E-state index contributed by atoms with van der Waals surface area (Å²) in [6.07, 6.45) is 0. The molecule has 0 fully saturated rings. The second-order valence-corrected chi connectivity index (χ2v) is 6.27. The van der Waals surface area contributed by atoms with Crippen LogP contribution in [0, 0.1) is 0 Å². The van der Waals surface area contributed by atoms with E-state index >= 15 is 0 Å². The van der Waals surface area contributed by atoms with E-state index in [0.717, 1.165) is 0 Å². The first-order valence-electron chi connectivity index (χ1n) is 6.40. The van der Waals surface area contributed by atoms with E-state index in [4.69, 9.17) is 55.9 Å². The Hall–Kier alpha value is -1.86. The molecule has 0 unspecified atom stereocenters. The van der Waals surface area contributed by atoms with Gasteiger partial charge in [0.05, 0.1) is 10.0 Å². The number of carboxylic acid groups (broad SMARTS) is 2. The molecule has 0 amide bonds. The second-order valence-electron chi connectivity index (χ2n) is 4.58. The van der Waals surface area contributed by atoms with Crippen molar-refractivity contribution in [3.05, 3.63) is 56.5 Å². The highest BCUT2D eigenvalue weighted by Gasteiger charge is 2.54. The Labute approximate surface area is 161 Å². The fourth-order valence-corrected chi connectivity index (χ4v) is 2.61. The lowest BCUT2D eigenvalue weighted by atomic mass is 10.2. The van der Waals surface area contributed by atoms with Crippen molar-refractivity contribution in [3.8, 4) is 11.5 Å². The Morgan fingerprint density at radius 1 is 0.760 bits per heavy atom. The molecule has 0 aliphatic heterocycles. The molecule has 0 aliphatic rings. The molecule has 0 heterocycles. The van der Waals surface area contributed by atoms with Crippen LogP contribution in [0.5, 0.6) is 11.5 Å². The summed E-state index contributed by atoms with van der Waals surface area (Å²) in [5, 5.41) is 19.2. The largest absolute Gasteiger partial charge is 0.475 e. The summed E-state index contributed by atoms with van der Waals surface area (Å²) < 4.78 is 10.2. The van der Waals surface area contributed by atoms with E-state index in [-0.39, 0.29) is 31.6 Å². The first-order chi connectivity index (χ1) is 11.7. The van der Waals surface area contributed by atoms with E-state index in [0.29, 0.717) is 0 Å². The molecule has 0 spiro atoms. The van der Waals surface area contributed by atoms with Crippen molar-refractivity contribution in [1.29, 1.82) is 0 Å². The molecule has 0 aliphatic carbocycles. The summed E-state index contributed by atoms with van der Waals surface area (Å²) in [7, 11) is 0. The van der Waals surface area contributed by atoms with Gasteiger partial charge in [-0.1, -0.05) is 46.4 Å². The van der Waals surface area contributed by atoms with Gasteiger partial charge in [-0.25, -0.2) is 9.59 Å². The smallest absolute Gasteiger partial charge is 0.453 e. The van der Waals surface area contributed by atoms with Crippen LogP contribution in [-0.4, -0.2) is 27.9 Å². The highest BCUT2D eigenvalue weighted by Crippen LogP contribution is 2.35. The minimum Gasteiger partial charge on any atom is -0.475 e. The van der Waals surface area contributed by atoms with Gasteiger partial charge in [-0.05, 0) is 36.4 Å². The Morgan fingerprint density at radius 3 is 1.40 bits per heavy atom. The van der Waals surface area contributed by atoms with Gasteiger partial charge < -0.3 is 19.7 Å². The van der Waals surface area contributed by atoms with Crippen LogP contribution in [0.25, 0.3) is 0 Å². The SMILES string of the molecule is O=C(O)C(Oc1ccc(Cl)cc1Cl)(Oc1ccc(Cl)cc1Cl)C(=O)O. The minimum absolute atomic E-state index is 0.106. The van der Waals surface area contributed by atoms with Crippen molar-refractivity contribution in [2.75, 3.05) is 0 Å². The molecule has 2 N–H and O–H groups in total. The van der Waals surface area contributed by atoms with Gasteiger partial charge in [0.1, 0.15) is 11.5 Å². The maximum absolute atomic E-state index is 11.7. The van der Waals surface area contributed by atoms with Gasteiger partial charge in [0, 0.05) is 10.0 Å². The first kappa shape index (κ1) is 19.5. The summed E-state index contributed by atoms with van der Waals surface area (Å²) in [6, 6.07) is 7.60. The molecule has 2 rings (SSSR count). The topological polar surface area (TPSA) is 93.1 Å². The molecule has 2 aromatic carbocycles. The number of rotatable bonds is 6. The van der Waals surface area contributed by atoms with Gasteiger partial charge in [-0.3, -0.25) is 0 Å². The van der Waals surface area contributed by atoms with Crippen LogP contribution in [-0.2, 0) is 9.59 Å². The number of carboxylic acids is 2. The van der Waals surface area contributed by atoms with Crippen LogP contribution in [0.4, 0.5) is 0 Å². The van der Waals surface area contributed by atoms with E-state index in [9.17, 15) is 19.8 Å². The predicted molar refractivity (Wildman–Crippen MR) is 92.2 cm³/mol. The highest BCUT2D eigenvalue weighted by atomic mass is 35.5. The molecule has 0 radical (unpaired) electrons. The second kappa shape index (κ2) is 7.58. The number of hydrogen-bond donors (Lipinski definition) is 2. The van der Waals surface area contributed by atoms with Crippen LogP contribution in [0.3, 0.4) is 0 Å². The number of halogens is 4. The van der Waals surface area contributed by atoms with Crippen molar-refractivity contribution in [2.24, 2.45) is 0 Å². The molecular formula is C15H8Cl4O6. The third-order valence-electron chi connectivity index (χ3n) is 2.86. The summed E-state index contributed by atoms with van der Waals surface area (Å²) in [4.78, 5) is 23.3. The lowest BCUT2D eigenvalue weighted by Crippen LogP contribution is -2.56. The molecule has 0 bridgehead atoms. The van der Waals surface area contributed by atoms with Gasteiger partial charge >= 0.3 is 17.7 Å². The van der Waals surface area contributed by atoms with Crippen molar-refractivity contribution in [1.82, 2.24) is 0 Å². The number of ether oxygens (including phenoxy) is 2. The average molecular weight is 426 g/mol. The maximum atomic E-state index is 11.7. The van der Waals surface area contributed by atoms with Gasteiger partial charge in [0.15, 0.2) is 0 Å². The van der Waals surface area contributed by atoms with Crippen LogP contribution in [0.1, 0.15) is 0 Å². The van der Waals surface area contributed by atoms with Crippen LogP contribution in [0.2, 0.25) is 20.1 Å². The average Bonchev–Trinajstić information content (AvgIpc) is 2.50. The van der Waals surface area contributed by atoms with E-state index in [2.05, 4.69) is 0 Å². The van der Waals surface area contributed by atoms with E-state index in [1.54, 1.807) is 0 Å². The molecule has 0 aromatic heterocycles. The van der Waals surface area contributed by atoms with E-state index in [1.807, 2.05) is 0 Å². The Morgan fingerprint density at radius 2 is 1.12 bits per heavy atom. The number of hydrogen-bond acceptors (Lipinski definition) is 4. The van der Waals surface area contributed by atoms with Gasteiger partial charge in [0.2, 0.25) is 0 Å². The number of aliphatic carboxylic acids is 2. The standard InChI is InChI=1S/C15H8Cl4O6/c16-7-1-3-11(9(18)5-7)24-15(13(20)21,14(22)23)25-12-4-2-8(17)6-10(12)19/h1-6H,(H,20,21)(H,22,23). The third-order valence-corrected chi connectivity index (χ3v) is 3.92. The summed E-state index contributed by atoms with van der Waals surface area (Å²) in [5.41, 5.74) is 0. The first-order valence-corrected chi connectivity index (χ1v) is 7.92. The highest BCUT2D eigenvalue weighted by molar-refractivity contribution is 6.36. The molecule has 6 nitrogen and oxygen atoms in total. The molecule has 0 saturated carbocycles. The summed E-state index contributed by atoms with van der Waals surface area (Å²) >= 11 is 23.3. The van der Waals surface area contributed by atoms with Crippen LogP contribution >= 0.6 is 46.4 Å². The Kier molecular flexibility index (Phi) is 5.90. The zero-order valence-electron chi connectivity index (χ0n) is 12.0. The monoisotopic (exact) mass is 424 g/mol. The van der Waals surface area contributed by atoms with Gasteiger partial charge in [-0.15, -0.1) is 0 Å². The normalized spacial score (nSPS) is 11.0. The lowest BCUT2D eigenvalue weighted by molar-refractivity contribution is -0.201. The minimum atomic E-state index is -3.14. The molecule has 10 heteroatoms. The number of benzene rings is 2. The predicted octanol–water partition coefficient (Wildman–Crippen LogP) is 4.62. The lowest BCUT2D eigenvalue weighted by Gasteiger charge is -2.27. The fraction of sp³-hybridized carbons (Fsp3) is 0.0667. The zero-order valence-corrected chi connectivity index (χ0v) is 15.0. The van der Waals surface area contributed by atoms with Crippen molar-refractivity contribution in [2.45, 2.75) is 5.79 Å². The Balaban J connectivity index is 2.50. The third kappa shape index (κ3) is 4.22. The van der Waals surface area contributed by atoms with Gasteiger partial charge in [0.25, 0.3) is 0 Å². The summed E-state index contributed by atoms with van der Waals surface area (Å²) in [6.45, 7) is 0. The molecule has 25 heavy (non-hydrogen) atoms. The molecular weight excluding hydrogens is 418 g/mol. The van der Waals surface area contributed by atoms with Crippen molar-refractivity contribution >= 4 is 58.3 Å². The van der Waals surface area contributed by atoms with Crippen molar-refractivity contribution in [3.63, 3.8) is 0 Å². The molecule has 132 valence electrons. The zero-order chi connectivity index (χ0) is 18.8. The van der Waals surface area contributed by atoms with Gasteiger partial charge in [-0.2, -0.15) is 0 Å². The van der Waals surface area contributed by atoms with Crippen molar-refractivity contribution < 1.29 is 29.3 Å². The number of carbonyl (C=O) groups is 2. The fourth-order valence-electron chi connectivity index (χ4n) is 1.71. The quantitative estimate of drug-likeness (QED) is 0.517.